The molecule has 0 heterocycles. The zero-order valence-corrected chi connectivity index (χ0v) is 8.42. The third-order valence-corrected chi connectivity index (χ3v) is 3.30. The van der Waals surface area contributed by atoms with Gasteiger partial charge in [-0.2, -0.15) is 0 Å². The van der Waals surface area contributed by atoms with Crippen molar-refractivity contribution in [3.8, 4) is 0 Å². The van der Waals surface area contributed by atoms with Crippen LogP contribution in [0.3, 0.4) is 0 Å². The zero-order valence-electron chi connectivity index (χ0n) is 8.42. The SMILES string of the molecule is CCC(C)(C(=O)O)C1C=CCCC1. The van der Waals surface area contributed by atoms with Crippen molar-refractivity contribution in [2.45, 2.75) is 39.5 Å². The molecule has 2 unspecified atom stereocenters. The van der Waals surface area contributed by atoms with Crippen LogP contribution in [0.15, 0.2) is 12.2 Å². The molecule has 0 saturated heterocycles. The van der Waals surface area contributed by atoms with E-state index in [0.717, 1.165) is 19.3 Å². The topological polar surface area (TPSA) is 37.3 Å². The van der Waals surface area contributed by atoms with Crippen molar-refractivity contribution in [1.82, 2.24) is 0 Å². The van der Waals surface area contributed by atoms with Crippen molar-refractivity contribution in [2.75, 3.05) is 0 Å². The normalized spacial score (nSPS) is 26.8. The largest absolute Gasteiger partial charge is 0.481 e. The smallest absolute Gasteiger partial charge is 0.309 e. The van der Waals surface area contributed by atoms with Gasteiger partial charge in [0.1, 0.15) is 0 Å². The van der Waals surface area contributed by atoms with Crippen LogP contribution in [-0.4, -0.2) is 11.1 Å². The summed E-state index contributed by atoms with van der Waals surface area (Å²) < 4.78 is 0. The molecule has 1 rings (SSSR count). The van der Waals surface area contributed by atoms with Crippen LogP contribution in [0, 0.1) is 11.3 Å². The molecule has 1 aliphatic carbocycles. The number of rotatable bonds is 3. The minimum Gasteiger partial charge on any atom is -0.481 e. The van der Waals surface area contributed by atoms with Gasteiger partial charge in [0.15, 0.2) is 0 Å². The maximum absolute atomic E-state index is 11.1. The summed E-state index contributed by atoms with van der Waals surface area (Å²) in [6, 6.07) is 0. The van der Waals surface area contributed by atoms with Gasteiger partial charge in [0, 0.05) is 0 Å². The van der Waals surface area contributed by atoms with E-state index in [-0.39, 0.29) is 5.92 Å². The van der Waals surface area contributed by atoms with Crippen LogP contribution in [0.2, 0.25) is 0 Å². The quantitative estimate of drug-likeness (QED) is 0.681. The van der Waals surface area contributed by atoms with Gasteiger partial charge in [-0.25, -0.2) is 0 Å². The molecule has 0 aromatic carbocycles. The molecular formula is C11H18O2. The summed E-state index contributed by atoms with van der Waals surface area (Å²) in [5.74, 6) is -0.435. The van der Waals surface area contributed by atoms with Crippen LogP contribution in [0.4, 0.5) is 0 Å². The van der Waals surface area contributed by atoms with E-state index < -0.39 is 11.4 Å². The highest BCUT2D eigenvalue weighted by atomic mass is 16.4. The zero-order chi connectivity index (χ0) is 9.90. The van der Waals surface area contributed by atoms with E-state index in [9.17, 15) is 4.79 Å². The number of carbonyl (C=O) groups is 1. The lowest BCUT2D eigenvalue weighted by molar-refractivity contribution is -0.150. The van der Waals surface area contributed by atoms with Crippen LogP contribution < -0.4 is 0 Å². The molecule has 2 nitrogen and oxygen atoms in total. The lowest BCUT2D eigenvalue weighted by Gasteiger charge is -2.32. The Morgan fingerprint density at radius 1 is 1.69 bits per heavy atom. The Balaban J connectivity index is 2.80. The van der Waals surface area contributed by atoms with Gasteiger partial charge in [-0.3, -0.25) is 4.79 Å². The van der Waals surface area contributed by atoms with Gasteiger partial charge in [-0.15, -0.1) is 0 Å². The molecule has 13 heavy (non-hydrogen) atoms. The number of carboxylic acids is 1. The van der Waals surface area contributed by atoms with Gasteiger partial charge in [0.25, 0.3) is 0 Å². The van der Waals surface area contributed by atoms with Gasteiger partial charge in [-0.05, 0) is 38.5 Å². The molecule has 0 aromatic rings. The number of aliphatic carboxylic acids is 1. The Bertz CT molecular complexity index is 220. The molecule has 2 heteroatoms. The Morgan fingerprint density at radius 2 is 2.38 bits per heavy atom. The maximum atomic E-state index is 11.1. The molecular weight excluding hydrogens is 164 g/mol. The number of allylic oxidation sites excluding steroid dienone is 2. The maximum Gasteiger partial charge on any atom is 0.309 e. The lowest BCUT2D eigenvalue weighted by atomic mass is 9.71. The molecule has 0 fully saturated rings. The predicted octanol–water partition coefficient (Wildman–Crippen LogP) is 2.84. The third-order valence-electron chi connectivity index (χ3n) is 3.30. The second-order valence-electron chi connectivity index (χ2n) is 4.04. The molecule has 0 saturated carbocycles. The minimum absolute atomic E-state index is 0.226. The minimum atomic E-state index is -0.661. The standard InChI is InChI=1S/C11H18O2/c1-3-11(2,10(12)13)9-7-5-4-6-8-9/h5,7,9H,3-4,6,8H2,1-2H3,(H,12,13). The molecule has 0 radical (unpaired) electrons. The fraction of sp³-hybridized carbons (Fsp3) is 0.727. The molecule has 0 aromatic heterocycles. The van der Waals surface area contributed by atoms with Gasteiger partial charge in [-0.1, -0.05) is 19.1 Å². The first-order valence-corrected chi connectivity index (χ1v) is 5.01. The summed E-state index contributed by atoms with van der Waals surface area (Å²) >= 11 is 0. The van der Waals surface area contributed by atoms with Crippen LogP contribution >= 0.6 is 0 Å². The van der Waals surface area contributed by atoms with Crippen molar-refractivity contribution in [3.05, 3.63) is 12.2 Å². The monoisotopic (exact) mass is 182 g/mol. The second-order valence-corrected chi connectivity index (χ2v) is 4.04. The Kier molecular flexibility index (Phi) is 3.12. The Morgan fingerprint density at radius 3 is 2.77 bits per heavy atom. The highest BCUT2D eigenvalue weighted by Gasteiger charge is 2.38. The van der Waals surface area contributed by atoms with Crippen molar-refractivity contribution in [1.29, 1.82) is 0 Å². The van der Waals surface area contributed by atoms with E-state index in [0.29, 0.717) is 6.42 Å². The molecule has 1 aliphatic rings. The lowest BCUT2D eigenvalue weighted by Crippen LogP contribution is -2.35. The number of hydrogen-bond donors (Lipinski definition) is 1. The van der Waals surface area contributed by atoms with Crippen molar-refractivity contribution in [2.24, 2.45) is 11.3 Å². The van der Waals surface area contributed by atoms with E-state index in [4.69, 9.17) is 5.11 Å². The van der Waals surface area contributed by atoms with E-state index in [1.165, 1.54) is 0 Å². The fourth-order valence-corrected chi connectivity index (χ4v) is 1.92. The Labute approximate surface area is 79.6 Å². The van der Waals surface area contributed by atoms with Gasteiger partial charge in [0.2, 0.25) is 0 Å². The summed E-state index contributed by atoms with van der Waals surface area (Å²) in [6.45, 7) is 3.81. The second kappa shape index (κ2) is 3.95. The molecule has 0 aliphatic heterocycles. The van der Waals surface area contributed by atoms with E-state index in [1.807, 2.05) is 13.8 Å². The Hall–Kier alpha value is -0.790. The van der Waals surface area contributed by atoms with Crippen LogP contribution in [-0.2, 0) is 4.79 Å². The number of carboxylic acid groups (broad SMARTS) is 1. The molecule has 2 atom stereocenters. The fourth-order valence-electron chi connectivity index (χ4n) is 1.92. The van der Waals surface area contributed by atoms with Crippen molar-refractivity contribution >= 4 is 5.97 Å². The van der Waals surface area contributed by atoms with Gasteiger partial charge >= 0.3 is 5.97 Å². The van der Waals surface area contributed by atoms with Crippen LogP contribution in [0.25, 0.3) is 0 Å². The van der Waals surface area contributed by atoms with Gasteiger partial charge < -0.3 is 5.11 Å². The average molecular weight is 182 g/mol. The van der Waals surface area contributed by atoms with E-state index in [2.05, 4.69) is 12.2 Å². The first-order chi connectivity index (χ1) is 6.11. The third kappa shape index (κ3) is 1.93. The van der Waals surface area contributed by atoms with Gasteiger partial charge in [0.05, 0.1) is 5.41 Å². The first-order valence-electron chi connectivity index (χ1n) is 5.01. The molecule has 0 amide bonds. The van der Waals surface area contributed by atoms with Crippen LogP contribution in [0.5, 0.6) is 0 Å². The molecule has 1 N–H and O–H groups in total. The van der Waals surface area contributed by atoms with E-state index in [1.54, 1.807) is 0 Å². The summed E-state index contributed by atoms with van der Waals surface area (Å²) in [6.07, 6.45) is 8.16. The van der Waals surface area contributed by atoms with E-state index >= 15 is 0 Å². The summed E-state index contributed by atoms with van der Waals surface area (Å²) in [7, 11) is 0. The summed E-state index contributed by atoms with van der Waals surface area (Å²) in [5, 5.41) is 9.15. The molecule has 0 bridgehead atoms. The number of hydrogen-bond acceptors (Lipinski definition) is 1. The highest BCUT2D eigenvalue weighted by Crippen LogP contribution is 2.37. The van der Waals surface area contributed by atoms with Crippen LogP contribution in [0.1, 0.15) is 39.5 Å². The first kappa shape index (κ1) is 10.3. The predicted molar refractivity (Wildman–Crippen MR) is 52.5 cm³/mol. The average Bonchev–Trinajstić information content (AvgIpc) is 2.17. The molecule has 0 spiro atoms. The highest BCUT2D eigenvalue weighted by molar-refractivity contribution is 5.74. The summed E-state index contributed by atoms with van der Waals surface area (Å²) in [5.41, 5.74) is -0.559. The summed E-state index contributed by atoms with van der Waals surface area (Å²) in [4.78, 5) is 11.1. The van der Waals surface area contributed by atoms with Crippen molar-refractivity contribution in [3.63, 3.8) is 0 Å². The van der Waals surface area contributed by atoms with Crippen molar-refractivity contribution < 1.29 is 9.90 Å². The molecule has 74 valence electrons.